The van der Waals surface area contributed by atoms with E-state index in [2.05, 4.69) is 10.2 Å². The number of halogens is 4. The van der Waals surface area contributed by atoms with Crippen LogP contribution in [-0.2, 0) is 11.3 Å². The maximum atomic E-state index is 14.1. The van der Waals surface area contributed by atoms with Gasteiger partial charge in [-0.2, -0.15) is 0 Å². The summed E-state index contributed by atoms with van der Waals surface area (Å²) < 4.78 is 47.3. The third kappa shape index (κ3) is 6.75. The Bertz CT molecular complexity index is 1120. The number of urea groups is 1. The lowest BCUT2D eigenvalue weighted by Crippen LogP contribution is -2.50. The van der Waals surface area contributed by atoms with Gasteiger partial charge >= 0.3 is 6.03 Å². The Morgan fingerprint density at radius 2 is 1.54 bits per heavy atom. The zero-order valence-electron chi connectivity index (χ0n) is 18.9. The van der Waals surface area contributed by atoms with Crippen LogP contribution in [0.2, 0.25) is 5.02 Å². The molecule has 1 N–H and O–H groups in total. The molecule has 5 nitrogen and oxygen atoms in total. The van der Waals surface area contributed by atoms with Crippen LogP contribution < -0.4 is 5.32 Å². The van der Waals surface area contributed by atoms with Crippen molar-refractivity contribution in [2.24, 2.45) is 0 Å². The Balaban J connectivity index is 1.37. The number of ether oxygens (including phenoxy) is 1. The highest BCUT2D eigenvalue weighted by Crippen LogP contribution is 2.25. The van der Waals surface area contributed by atoms with E-state index in [9.17, 15) is 18.0 Å². The number of hydrogen-bond acceptors (Lipinski definition) is 3. The van der Waals surface area contributed by atoms with E-state index in [-0.39, 0.29) is 24.0 Å². The molecule has 4 rings (SSSR count). The van der Waals surface area contributed by atoms with Crippen molar-refractivity contribution in [2.75, 3.05) is 38.0 Å². The summed E-state index contributed by atoms with van der Waals surface area (Å²) in [5, 5.41) is 3.35. The minimum atomic E-state index is -0.652. The van der Waals surface area contributed by atoms with Gasteiger partial charge in [0.05, 0.1) is 12.7 Å². The zero-order valence-corrected chi connectivity index (χ0v) is 19.6. The molecule has 1 heterocycles. The predicted molar refractivity (Wildman–Crippen MR) is 129 cm³/mol. The molecule has 3 aromatic rings. The highest BCUT2D eigenvalue weighted by atomic mass is 35.5. The van der Waals surface area contributed by atoms with Crippen LogP contribution in [0.1, 0.15) is 17.2 Å². The van der Waals surface area contributed by atoms with Crippen LogP contribution in [0.4, 0.5) is 23.7 Å². The number of rotatable bonds is 7. The number of carbonyl (C=O) groups excluding carboxylic acids is 1. The number of anilines is 1. The van der Waals surface area contributed by atoms with Gasteiger partial charge in [0.15, 0.2) is 0 Å². The minimum absolute atomic E-state index is 0.117. The molecule has 0 saturated carbocycles. The second-order valence-electron chi connectivity index (χ2n) is 8.28. The third-order valence-electron chi connectivity index (χ3n) is 5.91. The van der Waals surface area contributed by atoms with Crippen LogP contribution in [0.3, 0.4) is 0 Å². The number of carbonyl (C=O) groups is 1. The fourth-order valence-corrected chi connectivity index (χ4v) is 4.02. The molecule has 0 aromatic heterocycles. The zero-order chi connectivity index (χ0) is 24.8. The lowest BCUT2D eigenvalue weighted by molar-refractivity contribution is 0.00376. The molecule has 3 aromatic carbocycles. The largest absolute Gasteiger partial charge is 0.367 e. The molecule has 0 spiro atoms. The van der Waals surface area contributed by atoms with Crippen molar-refractivity contribution in [3.63, 3.8) is 0 Å². The summed E-state index contributed by atoms with van der Waals surface area (Å²) in [4.78, 5) is 16.4. The number of piperazine rings is 1. The van der Waals surface area contributed by atoms with Gasteiger partial charge in [0, 0.05) is 49.0 Å². The summed E-state index contributed by atoms with van der Waals surface area (Å²) in [5.41, 5.74) is 1.24. The third-order valence-corrected chi connectivity index (χ3v) is 6.16. The monoisotopic (exact) mass is 503 g/mol. The molecule has 0 bridgehead atoms. The first-order valence-corrected chi connectivity index (χ1v) is 11.6. The van der Waals surface area contributed by atoms with Crippen LogP contribution >= 0.6 is 11.6 Å². The molecule has 1 aliphatic heterocycles. The number of nitrogens with one attached hydrogen (secondary N) is 1. The van der Waals surface area contributed by atoms with Gasteiger partial charge in [0.2, 0.25) is 0 Å². The van der Waals surface area contributed by atoms with E-state index in [1.54, 1.807) is 17.0 Å². The first-order valence-electron chi connectivity index (χ1n) is 11.2. The SMILES string of the molecule is O=C(Nc1ccc(F)cc1)N1CCN(CC(OCc2c(F)cccc2F)c2ccc(Cl)cc2)CC1. The quantitative estimate of drug-likeness (QED) is 0.439. The number of benzene rings is 3. The van der Waals surface area contributed by atoms with Crippen LogP contribution in [0.15, 0.2) is 66.7 Å². The van der Waals surface area contributed by atoms with E-state index in [4.69, 9.17) is 16.3 Å². The van der Waals surface area contributed by atoms with E-state index >= 15 is 0 Å². The van der Waals surface area contributed by atoms with Crippen molar-refractivity contribution in [2.45, 2.75) is 12.7 Å². The molecule has 2 amide bonds. The van der Waals surface area contributed by atoms with Crippen molar-refractivity contribution in [1.29, 1.82) is 0 Å². The second kappa shape index (κ2) is 11.6. The summed E-state index contributed by atoms with van der Waals surface area (Å²) in [6, 6.07) is 16.2. The first-order chi connectivity index (χ1) is 16.9. The van der Waals surface area contributed by atoms with Gasteiger partial charge in [-0.1, -0.05) is 29.8 Å². The summed E-state index contributed by atoms with van der Waals surface area (Å²) >= 11 is 6.02. The van der Waals surface area contributed by atoms with Gasteiger partial charge in [0.25, 0.3) is 0 Å². The second-order valence-corrected chi connectivity index (χ2v) is 8.71. The smallest absolute Gasteiger partial charge is 0.321 e. The molecule has 35 heavy (non-hydrogen) atoms. The molecule has 1 aliphatic rings. The molecule has 1 fully saturated rings. The normalized spacial score (nSPS) is 15.1. The average molecular weight is 504 g/mol. The summed E-state index contributed by atoms with van der Waals surface area (Å²) in [6.07, 6.45) is -0.453. The molecule has 0 radical (unpaired) electrons. The van der Waals surface area contributed by atoms with Gasteiger partial charge < -0.3 is 15.0 Å². The Hall–Kier alpha value is -3.07. The van der Waals surface area contributed by atoms with E-state index in [1.807, 2.05) is 12.1 Å². The first kappa shape index (κ1) is 25.0. The lowest BCUT2D eigenvalue weighted by atomic mass is 10.1. The maximum absolute atomic E-state index is 14.1. The van der Waals surface area contributed by atoms with Gasteiger partial charge in [0.1, 0.15) is 17.5 Å². The Kier molecular flexibility index (Phi) is 8.28. The molecular formula is C26H25ClF3N3O2. The number of nitrogens with zero attached hydrogens (tertiary/aromatic N) is 2. The minimum Gasteiger partial charge on any atom is -0.367 e. The highest BCUT2D eigenvalue weighted by Gasteiger charge is 2.25. The summed E-state index contributed by atoms with van der Waals surface area (Å²) in [5.74, 6) is -1.67. The average Bonchev–Trinajstić information content (AvgIpc) is 2.85. The van der Waals surface area contributed by atoms with E-state index in [0.717, 1.165) is 5.56 Å². The van der Waals surface area contributed by atoms with Crippen molar-refractivity contribution < 1.29 is 22.7 Å². The highest BCUT2D eigenvalue weighted by molar-refractivity contribution is 6.30. The molecule has 1 saturated heterocycles. The fraction of sp³-hybridized carbons (Fsp3) is 0.269. The van der Waals surface area contributed by atoms with Crippen LogP contribution in [0.5, 0.6) is 0 Å². The van der Waals surface area contributed by atoms with Crippen LogP contribution in [0.25, 0.3) is 0 Å². The number of amides is 2. The van der Waals surface area contributed by atoms with Crippen molar-refractivity contribution >= 4 is 23.3 Å². The van der Waals surface area contributed by atoms with E-state index < -0.39 is 17.7 Å². The predicted octanol–water partition coefficient (Wildman–Crippen LogP) is 5.86. The number of hydrogen-bond donors (Lipinski definition) is 1. The van der Waals surface area contributed by atoms with Gasteiger partial charge in [-0.25, -0.2) is 18.0 Å². The van der Waals surface area contributed by atoms with Crippen molar-refractivity contribution in [3.8, 4) is 0 Å². The molecule has 1 unspecified atom stereocenters. The standard InChI is InChI=1S/C26H25ClF3N3O2/c27-19-6-4-18(5-7-19)25(35-17-22-23(29)2-1-3-24(22)30)16-32-12-14-33(15-13-32)26(34)31-21-10-8-20(28)9-11-21/h1-11,25H,12-17H2,(H,31,34). The van der Waals surface area contributed by atoms with Crippen molar-refractivity contribution in [1.82, 2.24) is 9.80 Å². The summed E-state index contributed by atoms with van der Waals surface area (Å²) in [6.45, 7) is 2.43. The molecule has 1 atom stereocenters. The topological polar surface area (TPSA) is 44.8 Å². The van der Waals surface area contributed by atoms with Gasteiger partial charge in [-0.3, -0.25) is 4.90 Å². The van der Waals surface area contributed by atoms with E-state index in [0.29, 0.717) is 43.4 Å². The van der Waals surface area contributed by atoms with Gasteiger partial charge in [-0.15, -0.1) is 0 Å². The Labute approximate surface area is 207 Å². The molecule has 9 heteroatoms. The van der Waals surface area contributed by atoms with E-state index in [1.165, 1.54) is 42.5 Å². The molecule has 184 valence electrons. The molecular weight excluding hydrogens is 479 g/mol. The lowest BCUT2D eigenvalue weighted by Gasteiger charge is -2.36. The maximum Gasteiger partial charge on any atom is 0.321 e. The molecule has 0 aliphatic carbocycles. The fourth-order valence-electron chi connectivity index (χ4n) is 3.89. The Morgan fingerprint density at radius 3 is 2.17 bits per heavy atom. The summed E-state index contributed by atoms with van der Waals surface area (Å²) in [7, 11) is 0. The van der Waals surface area contributed by atoms with Crippen molar-refractivity contribution in [3.05, 3.63) is 100 Å². The Morgan fingerprint density at radius 1 is 0.914 bits per heavy atom. The van der Waals surface area contributed by atoms with Gasteiger partial charge in [-0.05, 0) is 54.1 Å². The van der Waals surface area contributed by atoms with Crippen LogP contribution in [-0.4, -0.2) is 48.6 Å². The van der Waals surface area contributed by atoms with Crippen LogP contribution in [0, 0.1) is 17.5 Å².